The van der Waals surface area contributed by atoms with Crippen LogP contribution in [0.4, 0.5) is 5.69 Å². The third-order valence-electron chi connectivity index (χ3n) is 3.32. The van der Waals surface area contributed by atoms with E-state index in [2.05, 4.69) is 5.32 Å². The van der Waals surface area contributed by atoms with Gasteiger partial charge in [-0.15, -0.1) is 11.3 Å². The van der Waals surface area contributed by atoms with Gasteiger partial charge in [-0.05, 0) is 36.1 Å². The highest BCUT2D eigenvalue weighted by Gasteiger charge is 2.19. The molecule has 0 aliphatic carbocycles. The topological polar surface area (TPSA) is 92.8 Å². The maximum atomic E-state index is 12.2. The standard InChI is InChI=1S/C16H18N2O5S2/c1-11-6-7-12(25(21,22)18(2)3)9-13(11)17-15(19)10-23-16(20)14-5-4-8-24-14/h4-9H,10H2,1-3H3,(H,17,19). The van der Waals surface area contributed by atoms with Gasteiger partial charge in [0.05, 0.1) is 4.90 Å². The summed E-state index contributed by atoms with van der Waals surface area (Å²) in [4.78, 5) is 24.2. The molecular weight excluding hydrogens is 364 g/mol. The van der Waals surface area contributed by atoms with Crippen LogP contribution < -0.4 is 5.32 Å². The van der Waals surface area contributed by atoms with Crippen LogP contribution in [-0.4, -0.2) is 45.3 Å². The van der Waals surface area contributed by atoms with Gasteiger partial charge in [0, 0.05) is 19.8 Å². The number of ether oxygens (including phenoxy) is 1. The van der Waals surface area contributed by atoms with Gasteiger partial charge in [-0.25, -0.2) is 17.5 Å². The van der Waals surface area contributed by atoms with Gasteiger partial charge >= 0.3 is 5.97 Å². The average Bonchev–Trinajstić information content (AvgIpc) is 3.09. The van der Waals surface area contributed by atoms with Crippen molar-refractivity contribution < 1.29 is 22.7 Å². The number of rotatable bonds is 6. The largest absolute Gasteiger partial charge is 0.451 e. The van der Waals surface area contributed by atoms with Crippen LogP contribution in [0.15, 0.2) is 40.6 Å². The van der Waals surface area contributed by atoms with Gasteiger partial charge in [0.15, 0.2) is 6.61 Å². The molecule has 0 bridgehead atoms. The molecule has 9 heteroatoms. The van der Waals surface area contributed by atoms with E-state index in [1.54, 1.807) is 30.5 Å². The maximum Gasteiger partial charge on any atom is 0.348 e. The number of anilines is 1. The number of carbonyl (C=O) groups is 2. The van der Waals surface area contributed by atoms with Crippen molar-refractivity contribution in [3.05, 3.63) is 46.2 Å². The Morgan fingerprint density at radius 2 is 1.96 bits per heavy atom. The molecule has 1 heterocycles. The molecule has 1 aromatic heterocycles. The predicted octanol–water partition coefficient (Wildman–Crippen LogP) is 2.10. The van der Waals surface area contributed by atoms with Crippen LogP contribution >= 0.6 is 11.3 Å². The molecular formula is C16H18N2O5S2. The number of sulfonamides is 1. The fraction of sp³-hybridized carbons (Fsp3) is 0.250. The van der Waals surface area contributed by atoms with Crippen molar-refractivity contribution in [1.82, 2.24) is 4.31 Å². The van der Waals surface area contributed by atoms with E-state index in [0.29, 0.717) is 16.1 Å². The Hall–Kier alpha value is -2.23. The molecule has 0 spiro atoms. The summed E-state index contributed by atoms with van der Waals surface area (Å²) in [5.74, 6) is -1.13. The Labute approximate surface area is 150 Å². The number of benzene rings is 1. The zero-order valence-electron chi connectivity index (χ0n) is 14.0. The lowest BCUT2D eigenvalue weighted by molar-refractivity contribution is -0.119. The van der Waals surface area contributed by atoms with Crippen LogP contribution in [0.3, 0.4) is 0 Å². The van der Waals surface area contributed by atoms with Crippen molar-refractivity contribution in [2.24, 2.45) is 0 Å². The number of carbonyl (C=O) groups excluding carboxylic acids is 2. The molecule has 2 aromatic rings. The first-order chi connectivity index (χ1) is 11.7. The first-order valence-electron chi connectivity index (χ1n) is 7.25. The van der Waals surface area contributed by atoms with Crippen LogP contribution in [0.5, 0.6) is 0 Å². The zero-order valence-corrected chi connectivity index (χ0v) is 15.6. The van der Waals surface area contributed by atoms with Gasteiger partial charge in [0.2, 0.25) is 10.0 Å². The highest BCUT2D eigenvalue weighted by Crippen LogP contribution is 2.22. The van der Waals surface area contributed by atoms with E-state index in [9.17, 15) is 18.0 Å². The number of hydrogen-bond donors (Lipinski definition) is 1. The maximum absolute atomic E-state index is 12.2. The minimum atomic E-state index is -3.61. The van der Waals surface area contributed by atoms with Crippen LogP contribution in [0.2, 0.25) is 0 Å². The Bertz CT molecular complexity index is 874. The van der Waals surface area contributed by atoms with Gasteiger partial charge in [0.25, 0.3) is 5.91 Å². The molecule has 0 saturated heterocycles. The second-order valence-electron chi connectivity index (χ2n) is 5.37. The third-order valence-corrected chi connectivity index (χ3v) is 5.98. The SMILES string of the molecule is Cc1ccc(S(=O)(=O)N(C)C)cc1NC(=O)COC(=O)c1cccs1. The lowest BCUT2D eigenvalue weighted by Crippen LogP contribution is -2.23. The van der Waals surface area contributed by atoms with Crippen molar-refractivity contribution in [2.75, 3.05) is 26.0 Å². The van der Waals surface area contributed by atoms with Crippen LogP contribution in [0.25, 0.3) is 0 Å². The Morgan fingerprint density at radius 3 is 2.56 bits per heavy atom. The van der Waals surface area contributed by atoms with Crippen molar-refractivity contribution in [3.63, 3.8) is 0 Å². The quantitative estimate of drug-likeness (QED) is 0.773. The van der Waals surface area contributed by atoms with Crippen LogP contribution in [-0.2, 0) is 19.6 Å². The number of thiophene rings is 1. The van der Waals surface area contributed by atoms with E-state index in [1.807, 2.05) is 0 Å². The van der Waals surface area contributed by atoms with Crippen molar-refractivity contribution >= 4 is 38.9 Å². The summed E-state index contributed by atoms with van der Waals surface area (Å²) in [5.41, 5.74) is 1.04. The molecule has 25 heavy (non-hydrogen) atoms. The summed E-state index contributed by atoms with van der Waals surface area (Å²) in [6.07, 6.45) is 0. The molecule has 0 radical (unpaired) electrons. The van der Waals surface area contributed by atoms with Gasteiger partial charge in [0.1, 0.15) is 4.88 Å². The van der Waals surface area contributed by atoms with E-state index in [-0.39, 0.29) is 4.90 Å². The average molecular weight is 382 g/mol. The molecule has 1 amide bonds. The molecule has 0 aliphatic heterocycles. The van der Waals surface area contributed by atoms with E-state index >= 15 is 0 Å². The molecule has 0 saturated carbocycles. The number of hydrogen-bond acceptors (Lipinski definition) is 6. The number of amides is 1. The smallest absolute Gasteiger partial charge is 0.348 e. The first-order valence-corrected chi connectivity index (χ1v) is 9.57. The second-order valence-corrected chi connectivity index (χ2v) is 8.47. The third kappa shape index (κ3) is 4.65. The Morgan fingerprint density at radius 1 is 1.24 bits per heavy atom. The molecule has 1 N–H and O–H groups in total. The van der Waals surface area contributed by atoms with E-state index in [0.717, 1.165) is 4.31 Å². The molecule has 0 aliphatic rings. The van der Waals surface area contributed by atoms with E-state index in [1.165, 1.54) is 37.6 Å². The minimum absolute atomic E-state index is 0.0639. The summed E-state index contributed by atoms with van der Waals surface area (Å²) in [6.45, 7) is 1.28. The van der Waals surface area contributed by atoms with E-state index < -0.39 is 28.5 Å². The number of esters is 1. The predicted molar refractivity (Wildman–Crippen MR) is 95.3 cm³/mol. The first kappa shape index (κ1) is 19.1. The lowest BCUT2D eigenvalue weighted by atomic mass is 10.2. The van der Waals surface area contributed by atoms with Crippen molar-refractivity contribution in [3.8, 4) is 0 Å². The van der Waals surface area contributed by atoms with E-state index in [4.69, 9.17) is 4.74 Å². The lowest BCUT2D eigenvalue weighted by Gasteiger charge is -2.14. The molecule has 134 valence electrons. The van der Waals surface area contributed by atoms with Gasteiger partial charge in [-0.2, -0.15) is 0 Å². The molecule has 0 atom stereocenters. The molecule has 1 aromatic carbocycles. The van der Waals surface area contributed by atoms with Crippen LogP contribution in [0, 0.1) is 6.92 Å². The summed E-state index contributed by atoms with van der Waals surface area (Å²) in [5, 5.41) is 4.30. The highest BCUT2D eigenvalue weighted by molar-refractivity contribution is 7.89. The summed E-state index contributed by atoms with van der Waals surface area (Å²) in [7, 11) is -0.753. The number of nitrogens with one attached hydrogen (secondary N) is 1. The van der Waals surface area contributed by atoms with Crippen molar-refractivity contribution in [2.45, 2.75) is 11.8 Å². The summed E-state index contributed by atoms with van der Waals surface area (Å²) >= 11 is 1.22. The monoisotopic (exact) mass is 382 g/mol. The normalized spacial score (nSPS) is 11.4. The zero-order chi connectivity index (χ0) is 18.6. The summed E-state index contributed by atoms with van der Waals surface area (Å²) in [6, 6.07) is 7.76. The second kappa shape index (κ2) is 7.77. The molecule has 7 nitrogen and oxygen atoms in total. The Kier molecular flexibility index (Phi) is 5.93. The van der Waals surface area contributed by atoms with Gasteiger partial charge in [-0.1, -0.05) is 12.1 Å². The minimum Gasteiger partial charge on any atom is -0.451 e. The molecule has 2 rings (SSSR count). The highest BCUT2D eigenvalue weighted by atomic mass is 32.2. The van der Waals surface area contributed by atoms with Gasteiger partial charge < -0.3 is 10.1 Å². The molecule has 0 unspecified atom stereocenters. The number of nitrogens with zero attached hydrogens (tertiary/aromatic N) is 1. The fourth-order valence-electron chi connectivity index (χ4n) is 1.89. The number of aryl methyl sites for hydroxylation is 1. The van der Waals surface area contributed by atoms with Crippen LogP contribution in [0.1, 0.15) is 15.2 Å². The summed E-state index contributed by atoms with van der Waals surface area (Å²) < 4.78 is 30.4. The molecule has 0 fully saturated rings. The fourth-order valence-corrected chi connectivity index (χ4v) is 3.43. The Balaban J connectivity index is 2.06. The van der Waals surface area contributed by atoms with Gasteiger partial charge in [-0.3, -0.25) is 4.79 Å². The van der Waals surface area contributed by atoms with Crippen molar-refractivity contribution in [1.29, 1.82) is 0 Å².